The minimum Gasteiger partial charge on any atom is -0.461 e. The smallest absolute Gasteiger partial charge is 0.129 e. The zero-order chi connectivity index (χ0) is 15.9. The molecule has 5 rings (SSSR count). The van der Waals surface area contributed by atoms with Gasteiger partial charge in [0.15, 0.2) is 0 Å². The van der Waals surface area contributed by atoms with Crippen molar-refractivity contribution in [3.63, 3.8) is 0 Å². The summed E-state index contributed by atoms with van der Waals surface area (Å²) in [6, 6.07) is 11.9. The fourth-order valence-corrected chi connectivity index (χ4v) is 2.92. The van der Waals surface area contributed by atoms with Gasteiger partial charge in [-0.25, -0.2) is 4.99 Å². The molecule has 5 heterocycles. The summed E-state index contributed by atoms with van der Waals surface area (Å²) >= 11 is 0. The molecule has 0 radical (unpaired) electrons. The molecule has 3 aromatic heterocycles. The number of rotatable bonds is 0. The molecule has 3 aromatic rings. The van der Waals surface area contributed by atoms with Crippen LogP contribution < -0.4 is 10.7 Å². The second-order valence-electron chi connectivity index (χ2n) is 5.88. The van der Waals surface area contributed by atoms with Gasteiger partial charge in [-0.3, -0.25) is 0 Å². The molecule has 0 aromatic carbocycles. The van der Waals surface area contributed by atoms with Crippen molar-refractivity contribution in [1.82, 2.24) is 4.98 Å². The molecule has 0 amide bonds. The van der Waals surface area contributed by atoms with Gasteiger partial charge in [0.25, 0.3) is 0 Å². The third-order valence-corrected chi connectivity index (χ3v) is 4.02. The second-order valence-corrected chi connectivity index (χ2v) is 5.88. The third kappa shape index (κ3) is 2.48. The lowest BCUT2D eigenvalue weighted by Gasteiger charge is -1.94. The van der Waals surface area contributed by atoms with Crippen molar-refractivity contribution < 1.29 is 8.83 Å². The molecule has 1 N–H and O–H groups in total. The van der Waals surface area contributed by atoms with Crippen LogP contribution in [0.1, 0.15) is 23.0 Å². The Bertz CT molecular complexity index is 1130. The topological polar surface area (TPSA) is 54.4 Å². The van der Waals surface area contributed by atoms with Gasteiger partial charge in [0.05, 0.1) is 17.8 Å². The van der Waals surface area contributed by atoms with Gasteiger partial charge < -0.3 is 13.8 Å². The number of H-pyrrole nitrogens is 1. The van der Waals surface area contributed by atoms with Crippen LogP contribution >= 0.6 is 0 Å². The molecular formula is C20H14N2O2. The summed E-state index contributed by atoms with van der Waals surface area (Å²) in [6.07, 6.45) is 10.6. The van der Waals surface area contributed by atoms with Crippen LogP contribution in [0.4, 0.5) is 0 Å². The Morgan fingerprint density at radius 1 is 0.750 bits per heavy atom. The van der Waals surface area contributed by atoms with E-state index in [1.54, 1.807) is 0 Å². The van der Waals surface area contributed by atoms with E-state index in [0.29, 0.717) is 6.42 Å². The number of hydrogen-bond acceptors (Lipinski definition) is 3. The first kappa shape index (κ1) is 13.2. The van der Waals surface area contributed by atoms with E-state index in [4.69, 9.17) is 8.83 Å². The maximum atomic E-state index is 5.87. The van der Waals surface area contributed by atoms with Crippen LogP contribution in [-0.4, -0.2) is 10.7 Å². The highest BCUT2D eigenvalue weighted by atomic mass is 16.4. The fraction of sp³-hybridized carbons (Fsp3) is 0.0500. The summed E-state index contributed by atoms with van der Waals surface area (Å²) in [5.41, 5.74) is 1.79. The zero-order valence-corrected chi connectivity index (χ0v) is 12.8. The highest BCUT2D eigenvalue weighted by Crippen LogP contribution is 2.20. The summed E-state index contributed by atoms with van der Waals surface area (Å²) < 4.78 is 11.7. The predicted molar refractivity (Wildman–Crippen MR) is 92.8 cm³/mol. The Hall–Kier alpha value is -3.27. The van der Waals surface area contributed by atoms with Gasteiger partial charge in [-0.15, -0.1) is 0 Å². The van der Waals surface area contributed by atoms with Crippen LogP contribution in [0.15, 0.2) is 68.1 Å². The molecular weight excluding hydrogens is 300 g/mol. The summed E-state index contributed by atoms with van der Waals surface area (Å²) in [7, 11) is 0. The van der Waals surface area contributed by atoms with Crippen molar-refractivity contribution in [3.8, 4) is 0 Å². The summed E-state index contributed by atoms with van der Waals surface area (Å²) in [4.78, 5) is 7.95. The van der Waals surface area contributed by atoms with E-state index < -0.39 is 0 Å². The molecule has 24 heavy (non-hydrogen) atoms. The van der Waals surface area contributed by atoms with Gasteiger partial charge in [-0.1, -0.05) is 0 Å². The summed E-state index contributed by atoms with van der Waals surface area (Å²) in [6.45, 7) is 0. The first-order valence-electron chi connectivity index (χ1n) is 7.85. The van der Waals surface area contributed by atoms with Gasteiger partial charge in [-0.2, -0.15) is 0 Å². The second kappa shape index (κ2) is 5.13. The lowest BCUT2D eigenvalue weighted by molar-refractivity contribution is 0.467. The maximum absolute atomic E-state index is 5.87. The standard InChI is InChI=1S/C20H14N2O2/c1-3-15-10-17-5-7-19(23-17)12-20-8-6-18(24-20)11-16-4-2-14(22-16)9-13(1)21-15/h1-11,21H,12H2. The molecule has 4 heteroatoms. The van der Waals surface area contributed by atoms with Crippen molar-refractivity contribution in [2.75, 3.05) is 0 Å². The molecule has 0 fully saturated rings. The monoisotopic (exact) mass is 314 g/mol. The first-order valence-corrected chi connectivity index (χ1v) is 7.85. The van der Waals surface area contributed by atoms with Crippen molar-refractivity contribution in [2.45, 2.75) is 6.42 Å². The molecule has 2 aliphatic heterocycles. The Kier molecular flexibility index (Phi) is 2.82. The number of furan rings is 2. The van der Waals surface area contributed by atoms with E-state index in [1.807, 2.05) is 66.8 Å². The van der Waals surface area contributed by atoms with Gasteiger partial charge in [0, 0.05) is 22.9 Å². The highest BCUT2D eigenvalue weighted by Gasteiger charge is 2.08. The minimum absolute atomic E-state index is 0.630. The van der Waals surface area contributed by atoms with Crippen LogP contribution in [-0.2, 0) is 6.42 Å². The van der Waals surface area contributed by atoms with Gasteiger partial charge in [0.2, 0.25) is 0 Å². The van der Waals surface area contributed by atoms with Gasteiger partial charge in [-0.05, 0) is 54.6 Å². The molecule has 0 aliphatic carbocycles. The van der Waals surface area contributed by atoms with Crippen molar-refractivity contribution in [2.24, 2.45) is 4.99 Å². The van der Waals surface area contributed by atoms with Crippen LogP contribution in [0.3, 0.4) is 0 Å². The van der Waals surface area contributed by atoms with E-state index >= 15 is 0 Å². The molecule has 0 saturated heterocycles. The number of nitrogens with zero attached hydrogens (tertiary/aromatic N) is 1. The Balaban J connectivity index is 1.70. The molecule has 8 bridgehead atoms. The molecule has 0 unspecified atom stereocenters. The predicted octanol–water partition coefficient (Wildman–Crippen LogP) is 2.77. The number of aliphatic imine (C=N–C) groups is 1. The molecule has 0 atom stereocenters. The van der Waals surface area contributed by atoms with Crippen LogP contribution in [0, 0.1) is 0 Å². The largest absolute Gasteiger partial charge is 0.461 e. The molecule has 116 valence electrons. The molecule has 4 nitrogen and oxygen atoms in total. The van der Waals surface area contributed by atoms with Crippen LogP contribution in [0.25, 0.3) is 18.2 Å². The zero-order valence-electron chi connectivity index (χ0n) is 12.8. The van der Waals surface area contributed by atoms with Crippen molar-refractivity contribution in [1.29, 1.82) is 0 Å². The third-order valence-electron chi connectivity index (χ3n) is 4.02. The highest BCUT2D eigenvalue weighted by molar-refractivity contribution is 6.19. The van der Waals surface area contributed by atoms with E-state index in [1.165, 1.54) is 0 Å². The number of aromatic amines is 1. The summed E-state index contributed by atoms with van der Waals surface area (Å²) in [5, 5.41) is 2.00. The Morgan fingerprint density at radius 2 is 1.46 bits per heavy atom. The minimum atomic E-state index is 0.630. The SMILES string of the molecule is C1=CC2=NC1=Cc1ccc(o1)Cc1ccc(o1)C=c1ccc([nH]1)=C2. The lowest BCUT2D eigenvalue weighted by atomic mass is 10.2. The van der Waals surface area contributed by atoms with Gasteiger partial charge in [0.1, 0.15) is 23.0 Å². The van der Waals surface area contributed by atoms with Crippen molar-refractivity contribution in [3.05, 3.63) is 88.0 Å². The number of hydrogen-bond donors (Lipinski definition) is 1. The number of nitrogens with one attached hydrogen (secondary N) is 1. The first-order chi connectivity index (χ1) is 11.8. The van der Waals surface area contributed by atoms with Crippen molar-refractivity contribution >= 4 is 23.9 Å². The average Bonchev–Trinajstić information content (AvgIpc) is 3.32. The quantitative estimate of drug-likeness (QED) is 0.694. The van der Waals surface area contributed by atoms with E-state index in [2.05, 4.69) is 9.98 Å². The lowest BCUT2D eigenvalue weighted by Crippen LogP contribution is -2.10. The normalized spacial score (nSPS) is 15.5. The van der Waals surface area contributed by atoms with Crippen LogP contribution in [0.5, 0.6) is 0 Å². The van der Waals surface area contributed by atoms with Crippen LogP contribution in [0.2, 0.25) is 0 Å². The Morgan fingerprint density at radius 3 is 2.25 bits per heavy atom. The van der Waals surface area contributed by atoms with Gasteiger partial charge >= 0.3 is 0 Å². The Labute approximate surface area is 137 Å². The fourth-order valence-electron chi connectivity index (χ4n) is 2.92. The molecule has 0 spiro atoms. The molecule has 0 saturated carbocycles. The number of aromatic nitrogens is 1. The van der Waals surface area contributed by atoms with E-state index in [0.717, 1.165) is 45.1 Å². The number of allylic oxidation sites excluding steroid dienone is 2. The molecule has 2 aliphatic rings. The van der Waals surface area contributed by atoms with E-state index in [-0.39, 0.29) is 0 Å². The number of fused-ring (bicyclic) bond motifs is 7. The maximum Gasteiger partial charge on any atom is 0.129 e. The average molecular weight is 314 g/mol. The summed E-state index contributed by atoms with van der Waals surface area (Å²) in [5.74, 6) is 3.36. The van der Waals surface area contributed by atoms with E-state index in [9.17, 15) is 0 Å².